The minimum Gasteiger partial charge on any atom is -0.350 e. The van der Waals surface area contributed by atoms with Gasteiger partial charge in [0.15, 0.2) is 0 Å². The van der Waals surface area contributed by atoms with Crippen LogP contribution in [0, 0.1) is 0 Å². The van der Waals surface area contributed by atoms with Crippen molar-refractivity contribution in [1.29, 1.82) is 0 Å². The number of hydrogen-bond acceptors (Lipinski definition) is 2. The second-order valence-electron chi connectivity index (χ2n) is 5.32. The zero-order valence-electron chi connectivity index (χ0n) is 11.5. The Morgan fingerprint density at radius 3 is 2.74 bits per heavy atom. The van der Waals surface area contributed by atoms with Gasteiger partial charge in [-0.05, 0) is 51.1 Å². The van der Waals surface area contributed by atoms with Crippen LogP contribution >= 0.6 is 11.6 Å². The molecule has 104 valence electrons. The Balaban J connectivity index is 1.86. The van der Waals surface area contributed by atoms with Crippen molar-refractivity contribution < 1.29 is 4.79 Å². The highest BCUT2D eigenvalue weighted by Gasteiger charge is 2.23. The molecule has 19 heavy (non-hydrogen) atoms. The Bertz CT molecular complexity index is 432. The summed E-state index contributed by atoms with van der Waals surface area (Å²) in [6.45, 7) is 3.10. The maximum atomic E-state index is 12.0. The largest absolute Gasteiger partial charge is 0.350 e. The molecule has 0 spiro atoms. The van der Waals surface area contributed by atoms with Gasteiger partial charge in [0.25, 0.3) is 0 Å². The maximum Gasteiger partial charge on any atom is 0.222 e. The average Bonchev–Trinajstić information content (AvgIpc) is 2.75. The quantitative estimate of drug-likeness (QED) is 0.920. The van der Waals surface area contributed by atoms with E-state index in [1.807, 2.05) is 31.2 Å². The van der Waals surface area contributed by atoms with Gasteiger partial charge in [0.2, 0.25) is 5.91 Å². The number of nitrogens with one attached hydrogen (secondary N) is 1. The molecule has 0 radical (unpaired) electrons. The van der Waals surface area contributed by atoms with Crippen molar-refractivity contribution in [2.45, 2.75) is 38.3 Å². The molecule has 1 fully saturated rings. The van der Waals surface area contributed by atoms with E-state index >= 15 is 0 Å². The van der Waals surface area contributed by atoms with Crippen molar-refractivity contribution in [1.82, 2.24) is 10.2 Å². The zero-order valence-corrected chi connectivity index (χ0v) is 12.3. The fourth-order valence-electron chi connectivity index (χ4n) is 2.59. The highest BCUT2D eigenvalue weighted by Crippen LogP contribution is 2.19. The molecule has 1 unspecified atom stereocenters. The fraction of sp³-hybridized carbons (Fsp3) is 0.533. The van der Waals surface area contributed by atoms with Crippen LogP contribution < -0.4 is 5.32 Å². The van der Waals surface area contributed by atoms with Crippen LogP contribution in [-0.4, -0.2) is 30.4 Å². The van der Waals surface area contributed by atoms with Crippen LogP contribution in [0.2, 0.25) is 5.02 Å². The lowest BCUT2D eigenvalue weighted by Gasteiger charge is -2.20. The number of rotatable bonds is 4. The molecule has 0 bridgehead atoms. The molecule has 1 aliphatic heterocycles. The number of hydrogen-bond donors (Lipinski definition) is 1. The van der Waals surface area contributed by atoms with Crippen LogP contribution in [0.25, 0.3) is 0 Å². The van der Waals surface area contributed by atoms with Crippen molar-refractivity contribution in [3.05, 3.63) is 34.9 Å². The van der Waals surface area contributed by atoms with Crippen molar-refractivity contribution in [3.63, 3.8) is 0 Å². The number of carbonyl (C=O) groups is 1. The SMILES string of the molecule is C[C@H](NC(=O)CC1CCCN1C)c1ccc(Cl)cc1. The van der Waals surface area contributed by atoms with Gasteiger partial charge < -0.3 is 10.2 Å². The third-order valence-corrected chi connectivity index (χ3v) is 4.09. The third-order valence-electron chi connectivity index (χ3n) is 3.84. The van der Waals surface area contributed by atoms with Gasteiger partial charge in [-0.2, -0.15) is 0 Å². The van der Waals surface area contributed by atoms with E-state index < -0.39 is 0 Å². The van der Waals surface area contributed by atoms with Gasteiger partial charge in [-0.3, -0.25) is 4.79 Å². The van der Waals surface area contributed by atoms with E-state index in [0.29, 0.717) is 12.5 Å². The molecular formula is C15H21ClN2O. The molecule has 1 aliphatic rings. The molecule has 3 nitrogen and oxygen atoms in total. The van der Waals surface area contributed by atoms with Crippen LogP contribution in [-0.2, 0) is 4.79 Å². The number of amides is 1. The molecule has 1 saturated heterocycles. The summed E-state index contributed by atoms with van der Waals surface area (Å²) in [4.78, 5) is 14.3. The summed E-state index contributed by atoms with van der Waals surface area (Å²) in [5, 5.41) is 3.77. The van der Waals surface area contributed by atoms with Crippen molar-refractivity contribution >= 4 is 17.5 Å². The first-order valence-corrected chi connectivity index (χ1v) is 7.19. The molecule has 0 aromatic heterocycles. The number of likely N-dealkylation sites (tertiary alicyclic amines) is 1. The smallest absolute Gasteiger partial charge is 0.222 e. The summed E-state index contributed by atoms with van der Waals surface area (Å²) in [7, 11) is 2.09. The second kappa shape index (κ2) is 6.40. The summed E-state index contributed by atoms with van der Waals surface area (Å²) < 4.78 is 0. The van der Waals surface area contributed by atoms with Crippen LogP contribution in [0.3, 0.4) is 0 Å². The van der Waals surface area contributed by atoms with Crippen LogP contribution in [0.1, 0.15) is 37.8 Å². The fourth-order valence-corrected chi connectivity index (χ4v) is 2.71. The first-order chi connectivity index (χ1) is 9.06. The molecule has 1 amide bonds. The molecule has 2 rings (SSSR count). The van der Waals surface area contributed by atoms with Crippen LogP contribution in [0.15, 0.2) is 24.3 Å². The number of halogens is 1. The summed E-state index contributed by atoms with van der Waals surface area (Å²) in [6, 6.07) is 8.03. The normalized spacial score (nSPS) is 21.3. The lowest BCUT2D eigenvalue weighted by Crippen LogP contribution is -2.34. The minimum atomic E-state index is 0.0245. The molecule has 0 aliphatic carbocycles. The summed E-state index contributed by atoms with van der Waals surface area (Å²) in [5.41, 5.74) is 1.08. The second-order valence-corrected chi connectivity index (χ2v) is 5.76. The zero-order chi connectivity index (χ0) is 13.8. The molecule has 1 N–H and O–H groups in total. The molecule has 1 aromatic carbocycles. The van der Waals surface area contributed by atoms with Gasteiger partial charge in [0.05, 0.1) is 6.04 Å². The Hall–Kier alpha value is -1.06. The first-order valence-electron chi connectivity index (χ1n) is 6.81. The van der Waals surface area contributed by atoms with Crippen molar-refractivity contribution in [2.24, 2.45) is 0 Å². The van der Waals surface area contributed by atoms with Gasteiger partial charge in [-0.15, -0.1) is 0 Å². The lowest BCUT2D eigenvalue weighted by atomic mass is 10.1. The maximum absolute atomic E-state index is 12.0. The third kappa shape index (κ3) is 3.95. The van der Waals surface area contributed by atoms with Gasteiger partial charge in [-0.1, -0.05) is 23.7 Å². The predicted molar refractivity (Wildman–Crippen MR) is 78.3 cm³/mol. The van der Waals surface area contributed by atoms with Gasteiger partial charge in [0, 0.05) is 17.5 Å². The minimum absolute atomic E-state index is 0.0245. The van der Waals surface area contributed by atoms with Gasteiger partial charge >= 0.3 is 0 Å². The van der Waals surface area contributed by atoms with Crippen LogP contribution in [0.4, 0.5) is 0 Å². The summed E-state index contributed by atoms with van der Waals surface area (Å²) >= 11 is 5.86. The highest BCUT2D eigenvalue weighted by atomic mass is 35.5. The molecule has 1 aromatic rings. The Morgan fingerprint density at radius 1 is 1.47 bits per heavy atom. The lowest BCUT2D eigenvalue weighted by molar-refractivity contribution is -0.122. The monoisotopic (exact) mass is 280 g/mol. The molecule has 0 saturated carbocycles. The standard InChI is InChI=1S/C15H21ClN2O/c1-11(12-5-7-13(16)8-6-12)17-15(19)10-14-4-3-9-18(14)2/h5-8,11,14H,3-4,9-10H2,1-2H3,(H,17,19)/t11-,14?/m0/s1. The Kier molecular flexibility index (Phi) is 4.83. The number of carbonyl (C=O) groups excluding carboxylic acids is 1. The highest BCUT2D eigenvalue weighted by molar-refractivity contribution is 6.30. The average molecular weight is 281 g/mol. The van der Waals surface area contributed by atoms with E-state index in [9.17, 15) is 4.79 Å². The molecule has 2 atom stereocenters. The van der Waals surface area contributed by atoms with Crippen molar-refractivity contribution in [2.75, 3.05) is 13.6 Å². The number of benzene rings is 1. The topological polar surface area (TPSA) is 32.3 Å². The van der Waals surface area contributed by atoms with Crippen LogP contribution in [0.5, 0.6) is 0 Å². The first kappa shape index (κ1) is 14.4. The molecule has 4 heteroatoms. The summed E-state index contributed by atoms with van der Waals surface area (Å²) in [5.74, 6) is 0.126. The Labute approximate surface area is 119 Å². The predicted octanol–water partition coefficient (Wildman–Crippen LogP) is 3.00. The summed E-state index contributed by atoms with van der Waals surface area (Å²) in [6.07, 6.45) is 2.91. The van der Waals surface area contributed by atoms with E-state index in [-0.39, 0.29) is 11.9 Å². The van der Waals surface area contributed by atoms with Crippen molar-refractivity contribution in [3.8, 4) is 0 Å². The molecular weight excluding hydrogens is 260 g/mol. The van der Waals surface area contributed by atoms with E-state index in [2.05, 4.69) is 17.3 Å². The van der Waals surface area contributed by atoms with E-state index in [4.69, 9.17) is 11.6 Å². The Morgan fingerprint density at radius 2 is 2.16 bits per heavy atom. The number of nitrogens with zero attached hydrogens (tertiary/aromatic N) is 1. The van der Waals surface area contributed by atoms with Gasteiger partial charge in [-0.25, -0.2) is 0 Å². The molecule has 1 heterocycles. The van der Waals surface area contributed by atoms with E-state index in [1.54, 1.807) is 0 Å². The van der Waals surface area contributed by atoms with E-state index in [0.717, 1.165) is 23.6 Å². The van der Waals surface area contributed by atoms with E-state index in [1.165, 1.54) is 6.42 Å². The van der Waals surface area contributed by atoms with Gasteiger partial charge in [0.1, 0.15) is 0 Å².